The van der Waals surface area contributed by atoms with Crippen molar-refractivity contribution in [3.05, 3.63) is 47.2 Å². The fraction of sp³-hybridized carbons (Fsp3) is 0.231. The van der Waals surface area contributed by atoms with E-state index in [9.17, 15) is 4.79 Å². The molecule has 0 radical (unpaired) electrons. The SMILES string of the molecule is Nc1cc(Cl)ccc1C(=O)NCCCn1cccn1. The van der Waals surface area contributed by atoms with Crippen molar-refractivity contribution in [2.75, 3.05) is 12.3 Å². The Morgan fingerprint density at radius 2 is 2.32 bits per heavy atom. The Bertz CT molecular complexity index is 554. The molecule has 1 amide bonds. The highest BCUT2D eigenvalue weighted by molar-refractivity contribution is 6.31. The van der Waals surface area contributed by atoms with E-state index in [0.717, 1.165) is 13.0 Å². The molecule has 0 fully saturated rings. The van der Waals surface area contributed by atoms with Gasteiger partial charge in [-0.1, -0.05) is 11.6 Å². The summed E-state index contributed by atoms with van der Waals surface area (Å²) in [5.41, 5.74) is 6.58. The second-order valence-corrected chi connectivity index (χ2v) is 4.55. The van der Waals surface area contributed by atoms with Crippen molar-refractivity contribution in [3.63, 3.8) is 0 Å². The van der Waals surface area contributed by atoms with Gasteiger partial charge in [-0.25, -0.2) is 0 Å². The average molecular weight is 279 g/mol. The summed E-state index contributed by atoms with van der Waals surface area (Å²) in [5, 5.41) is 7.42. The van der Waals surface area contributed by atoms with Gasteiger partial charge in [0.2, 0.25) is 0 Å². The third-order valence-corrected chi connectivity index (χ3v) is 2.90. The van der Waals surface area contributed by atoms with Gasteiger partial charge < -0.3 is 11.1 Å². The zero-order valence-electron chi connectivity index (χ0n) is 10.3. The number of benzene rings is 1. The van der Waals surface area contributed by atoms with Gasteiger partial charge in [0.05, 0.1) is 5.56 Å². The molecule has 0 unspecified atom stereocenters. The molecule has 0 aliphatic rings. The fourth-order valence-corrected chi connectivity index (χ4v) is 1.89. The third-order valence-electron chi connectivity index (χ3n) is 2.67. The van der Waals surface area contributed by atoms with Gasteiger partial charge in [-0.3, -0.25) is 9.48 Å². The molecule has 1 aromatic carbocycles. The number of amides is 1. The van der Waals surface area contributed by atoms with E-state index in [4.69, 9.17) is 17.3 Å². The lowest BCUT2D eigenvalue weighted by Gasteiger charge is -2.08. The molecule has 1 aromatic heterocycles. The number of hydrogen-bond acceptors (Lipinski definition) is 3. The molecule has 0 aliphatic carbocycles. The highest BCUT2D eigenvalue weighted by Gasteiger charge is 2.08. The Labute approximate surface area is 116 Å². The maximum atomic E-state index is 11.9. The summed E-state index contributed by atoms with van der Waals surface area (Å²) in [4.78, 5) is 11.9. The average Bonchev–Trinajstić information content (AvgIpc) is 2.87. The van der Waals surface area contributed by atoms with Gasteiger partial charge in [-0.15, -0.1) is 0 Å². The molecule has 5 nitrogen and oxygen atoms in total. The van der Waals surface area contributed by atoms with Crippen molar-refractivity contribution in [1.29, 1.82) is 0 Å². The summed E-state index contributed by atoms with van der Waals surface area (Å²) in [5.74, 6) is -0.186. The molecule has 19 heavy (non-hydrogen) atoms. The monoisotopic (exact) mass is 278 g/mol. The molecule has 1 heterocycles. The van der Waals surface area contributed by atoms with Crippen LogP contribution >= 0.6 is 11.6 Å². The number of carbonyl (C=O) groups is 1. The largest absolute Gasteiger partial charge is 0.398 e. The van der Waals surface area contributed by atoms with Gasteiger partial charge in [0.1, 0.15) is 0 Å². The second kappa shape index (κ2) is 6.24. The van der Waals surface area contributed by atoms with Crippen LogP contribution in [0.5, 0.6) is 0 Å². The van der Waals surface area contributed by atoms with E-state index < -0.39 is 0 Å². The van der Waals surface area contributed by atoms with Crippen molar-refractivity contribution in [2.45, 2.75) is 13.0 Å². The first-order valence-corrected chi connectivity index (χ1v) is 6.35. The molecule has 2 aromatic rings. The summed E-state index contributed by atoms with van der Waals surface area (Å²) in [7, 11) is 0. The van der Waals surface area contributed by atoms with Crippen LogP contribution in [0.1, 0.15) is 16.8 Å². The minimum absolute atomic E-state index is 0.186. The number of nitrogens with zero attached hydrogens (tertiary/aromatic N) is 2. The van der Waals surface area contributed by atoms with Crippen molar-refractivity contribution in [2.24, 2.45) is 0 Å². The van der Waals surface area contributed by atoms with Crippen molar-refractivity contribution >= 4 is 23.2 Å². The number of rotatable bonds is 5. The summed E-state index contributed by atoms with van der Waals surface area (Å²) in [6.07, 6.45) is 4.42. The number of nitrogens with two attached hydrogens (primary N) is 1. The van der Waals surface area contributed by atoms with E-state index in [2.05, 4.69) is 10.4 Å². The van der Waals surface area contributed by atoms with Crippen molar-refractivity contribution < 1.29 is 4.79 Å². The minimum Gasteiger partial charge on any atom is -0.398 e. The molecule has 100 valence electrons. The van der Waals surface area contributed by atoms with Crippen LogP contribution in [0.25, 0.3) is 0 Å². The molecule has 0 bridgehead atoms. The maximum absolute atomic E-state index is 11.9. The number of hydrogen-bond donors (Lipinski definition) is 2. The number of nitrogen functional groups attached to an aromatic ring is 1. The second-order valence-electron chi connectivity index (χ2n) is 4.11. The molecule has 0 aliphatic heterocycles. The molecule has 0 saturated heterocycles. The van der Waals surface area contributed by atoms with Gasteiger partial charge in [0.25, 0.3) is 5.91 Å². The number of nitrogens with one attached hydrogen (secondary N) is 1. The standard InChI is InChI=1S/C13H15ClN4O/c14-10-3-4-11(12(15)9-10)13(19)16-5-1-7-18-8-2-6-17-18/h2-4,6,8-9H,1,5,7,15H2,(H,16,19). The summed E-state index contributed by atoms with van der Waals surface area (Å²) >= 11 is 5.78. The van der Waals surface area contributed by atoms with E-state index in [1.54, 1.807) is 24.4 Å². The first kappa shape index (κ1) is 13.4. The lowest BCUT2D eigenvalue weighted by atomic mass is 10.1. The zero-order valence-corrected chi connectivity index (χ0v) is 11.1. The van der Waals surface area contributed by atoms with Gasteiger partial charge in [0, 0.05) is 36.2 Å². The highest BCUT2D eigenvalue weighted by Crippen LogP contribution is 2.17. The number of anilines is 1. The van der Waals surface area contributed by atoms with Gasteiger partial charge in [-0.2, -0.15) is 5.10 Å². The first-order valence-electron chi connectivity index (χ1n) is 5.97. The number of carbonyl (C=O) groups excluding carboxylic acids is 1. The first-order chi connectivity index (χ1) is 9.16. The lowest BCUT2D eigenvalue weighted by Crippen LogP contribution is -2.26. The van der Waals surface area contributed by atoms with E-state index >= 15 is 0 Å². The summed E-state index contributed by atoms with van der Waals surface area (Å²) in [6.45, 7) is 1.34. The normalized spacial score (nSPS) is 10.4. The molecule has 0 atom stereocenters. The van der Waals surface area contributed by atoms with Crippen LogP contribution in [-0.4, -0.2) is 22.2 Å². The van der Waals surface area contributed by atoms with Crippen LogP contribution in [0, 0.1) is 0 Å². The summed E-state index contributed by atoms with van der Waals surface area (Å²) in [6, 6.07) is 6.71. The van der Waals surface area contributed by atoms with E-state index in [1.807, 2.05) is 16.9 Å². The van der Waals surface area contributed by atoms with E-state index in [-0.39, 0.29) is 5.91 Å². The smallest absolute Gasteiger partial charge is 0.253 e. The Morgan fingerprint density at radius 3 is 3.00 bits per heavy atom. The van der Waals surface area contributed by atoms with Crippen LogP contribution in [0.15, 0.2) is 36.7 Å². The molecule has 3 N–H and O–H groups in total. The van der Waals surface area contributed by atoms with Crippen LogP contribution in [0.4, 0.5) is 5.69 Å². The Hall–Kier alpha value is -2.01. The fourth-order valence-electron chi connectivity index (χ4n) is 1.71. The van der Waals surface area contributed by atoms with E-state index in [0.29, 0.717) is 22.8 Å². The Kier molecular flexibility index (Phi) is 4.41. The third kappa shape index (κ3) is 3.72. The predicted molar refractivity (Wildman–Crippen MR) is 75.0 cm³/mol. The molecule has 0 saturated carbocycles. The summed E-state index contributed by atoms with van der Waals surface area (Å²) < 4.78 is 1.82. The minimum atomic E-state index is -0.186. The quantitative estimate of drug-likeness (QED) is 0.648. The Balaban J connectivity index is 1.81. The van der Waals surface area contributed by atoms with E-state index in [1.165, 1.54) is 0 Å². The maximum Gasteiger partial charge on any atom is 0.253 e. The lowest BCUT2D eigenvalue weighted by molar-refractivity contribution is 0.0953. The number of halogens is 1. The molecular weight excluding hydrogens is 264 g/mol. The molecule has 0 spiro atoms. The number of aromatic nitrogens is 2. The topological polar surface area (TPSA) is 72.9 Å². The molecule has 2 rings (SSSR count). The Morgan fingerprint density at radius 1 is 1.47 bits per heavy atom. The van der Waals surface area contributed by atoms with Crippen LogP contribution in [-0.2, 0) is 6.54 Å². The van der Waals surface area contributed by atoms with Crippen LogP contribution in [0.3, 0.4) is 0 Å². The van der Waals surface area contributed by atoms with Gasteiger partial charge in [0.15, 0.2) is 0 Å². The van der Waals surface area contributed by atoms with Gasteiger partial charge in [-0.05, 0) is 30.7 Å². The van der Waals surface area contributed by atoms with Crippen molar-refractivity contribution in [1.82, 2.24) is 15.1 Å². The van der Waals surface area contributed by atoms with Crippen molar-refractivity contribution in [3.8, 4) is 0 Å². The molecule has 6 heteroatoms. The zero-order chi connectivity index (χ0) is 13.7. The van der Waals surface area contributed by atoms with Crippen LogP contribution in [0.2, 0.25) is 5.02 Å². The predicted octanol–water partition coefficient (Wildman–Crippen LogP) is 1.94. The van der Waals surface area contributed by atoms with Crippen LogP contribution < -0.4 is 11.1 Å². The molecular formula is C13H15ClN4O. The highest BCUT2D eigenvalue weighted by atomic mass is 35.5. The number of aryl methyl sites for hydroxylation is 1. The van der Waals surface area contributed by atoms with Gasteiger partial charge >= 0.3 is 0 Å².